The summed E-state index contributed by atoms with van der Waals surface area (Å²) < 4.78 is 0. The standard InChI is InChI=1S/C5H12ClN/c1-2-7-5-3-4-6/h7H,2-5H2,1H3. The van der Waals surface area contributed by atoms with E-state index in [1.165, 1.54) is 0 Å². The third-order valence-corrected chi connectivity index (χ3v) is 1.00. The molecule has 0 saturated heterocycles. The molecular formula is C5H12ClN. The van der Waals surface area contributed by atoms with Crippen molar-refractivity contribution in [2.75, 3.05) is 19.0 Å². The maximum absolute atomic E-state index is 5.40. The van der Waals surface area contributed by atoms with Crippen LogP contribution in [-0.2, 0) is 0 Å². The number of hydrogen-bond donors (Lipinski definition) is 1. The van der Waals surface area contributed by atoms with Crippen molar-refractivity contribution < 1.29 is 0 Å². The van der Waals surface area contributed by atoms with Crippen molar-refractivity contribution in [3.63, 3.8) is 0 Å². The predicted octanol–water partition coefficient (Wildman–Crippen LogP) is 1.22. The van der Waals surface area contributed by atoms with Gasteiger partial charge in [0.2, 0.25) is 0 Å². The third-order valence-electron chi connectivity index (χ3n) is 0.737. The Bertz CT molecular complexity index is 27.3. The molecule has 1 N–H and O–H groups in total. The van der Waals surface area contributed by atoms with Crippen LogP contribution in [0.15, 0.2) is 0 Å². The van der Waals surface area contributed by atoms with Crippen molar-refractivity contribution in [2.45, 2.75) is 13.3 Å². The molecular weight excluding hydrogens is 110 g/mol. The zero-order valence-electron chi connectivity index (χ0n) is 4.71. The second-order valence-electron chi connectivity index (χ2n) is 1.40. The molecule has 0 saturated carbocycles. The van der Waals surface area contributed by atoms with E-state index in [1.54, 1.807) is 0 Å². The highest BCUT2D eigenvalue weighted by Gasteiger charge is 1.78. The molecule has 44 valence electrons. The van der Waals surface area contributed by atoms with Crippen molar-refractivity contribution in [3.8, 4) is 0 Å². The molecule has 2 heteroatoms. The summed E-state index contributed by atoms with van der Waals surface area (Å²) in [6.45, 7) is 4.20. The molecule has 0 aliphatic rings. The van der Waals surface area contributed by atoms with E-state index in [9.17, 15) is 0 Å². The number of rotatable bonds is 4. The summed E-state index contributed by atoms with van der Waals surface area (Å²) in [7, 11) is 0. The van der Waals surface area contributed by atoms with Crippen LogP contribution in [0.5, 0.6) is 0 Å². The summed E-state index contributed by atoms with van der Waals surface area (Å²) in [5.41, 5.74) is 0. The molecule has 0 unspecified atom stereocenters. The van der Waals surface area contributed by atoms with Crippen LogP contribution in [0.3, 0.4) is 0 Å². The van der Waals surface area contributed by atoms with E-state index in [0.717, 1.165) is 25.4 Å². The normalized spacial score (nSPS) is 9.43. The molecule has 0 atom stereocenters. The van der Waals surface area contributed by atoms with Crippen molar-refractivity contribution in [1.29, 1.82) is 0 Å². The zero-order chi connectivity index (χ0) is 5.54. The van der Waals surface area contributed by atoms with Crippen LogP contribution in [0.1, 0.15) is 13.3 Å². The van der Waals surface area contributed by atoms with E-state index in [1.807, 2.05) is 0 Å². The van der Waals surface area contributed by atoms with Crippen LogP contribution in [0.25, 0.3) is 0 Å². The van der Waals surface area contributed by atoms with Crippen LogP contribution in [0.4, 0.5) is 0 Å². The fraction of sp³-hybridized carbons (Fsp3) is 1.00. The average Bonchev–Trinajstić information content (AvgIpc) is 1.69. The SMILES string of the molecule is CCNCCCCl. The second kappa shape index (κ2) is 6.25. The van der Waals surface area contributed by atoms with Gasteiger partial charge in [-0.25, -0.2) is 0 Å². The van der Waals surface area contributed by atoms with E-state index in [-0.39, 0.29) is 0 Å². The largest absolute Gasteiger partial charge is 0.317 e. The summed E-state index contributed by atoms with van der Waals surface area (Å²) in [4.78, 5) is 0. The summed E-state index contributed by atoms with van der Waals surface area (Å²) in [6.07, 6.45) is 1.08. The Morgan fingerprint density at radius 3 is 2.71 bits per heavy atom. The minimum atomic E-state index is 0.771. The van der Waals surface area contributed by atoms with Crippen molar-refractivity contribution in [2.24, 2.45) is 0 Å². The van der Waals surface area contributed by atoms with Crippen molar-refractivity contribution in [1.82, 2.24) is 5.32 Å². The Kier molecular flexibility index (Phi) is 6.47. The minimum Gasteiger partial charge on any atom is -0.317 e. The Morgan fingerprint density at radius 2 is 2.29 bits per heavy atom. The molecule has 0 amide bonds. The molecule has 0 aliphatic carbocycles. The van der Waals surface area contributed by atoms with Crippen molar-refractivity contribution in [3.05, 3.63) is 0 Å². The molecule has 0 aromatic heterocycles. The topological polar surface area (TPSA) is 12.0 Å². The first-order valence-electron chi connectivity index (χ1n) is 2.68. The van der Waals surface area contributed by atoms with Gasteiger partial charge >= 0.3 is 0 Å². The van der Waals surface area contributed by atoms with E-state index in [4.69, 9.17) is 11.6 Å². The average molecular weight is 122 g/mol. The van der Waals surface area contributed by atoms with Gasteiger partial charge in [0, 0.05) is 5.88 Å². The van der Waals surface area contributed by atoms with Gasteiger partial charge in [0.1, 0.15) is 0 Å². The molecule has 0 spiro atoms. The molecule has 0 bridgehead atoms. The van der Waals surface area contributed by atoms with E-state index in [0.29, 0.717) is 0 Å². The molecule has 7 heavy (non-hydrogen) atoms. The molecule has 0 fully saturated rings. The predicted molar refractivity (Wildman–Crippen MR) is 33.9 cm³/mol. The molecule has 0 aromatic carbocycles. The highest BCUT2D eigenvalue weighted by atomic mass is 35.5. The molecule has 0 rings (SSSR count). The summed E-state index contributed by atoms with van der Waals surface area (Å²) in [5, 5.41) is 3.16. The van der Waals surface area contributed by atoms with Gasteiger partial charge in [0.25, 0.3) is 0 Å². The van der Waals surface area contributed by atoms with Crippen LogP contribution in [-0.4, -0.2) is 19.0 Å². The van der Waals surface area contributed by atoms with Crippen LogP contribution in [0, 0.1) is 0 Å². The van der Waals surface area contributed by atoms with Gasteiger partial charge in [0.05, 0.1) is 0 Å². The fourth-order valence-corrected chi connectivity index (χ4v) is 0.502. The smallest absolute Gasteiger partial charge is 0.0235 e. The van der Waals surface area contributed by atoms with Gasteiger partial charge in [-0.2, -0.15) is 0 Å². The van der Waals surface area contributed by atoms with E-state index < -0.39 is 0 Å². The lowest BCUT2D eigenvalue weighted by Gasteiger charge is -1.94. The Balaban J connectivity index is 2.45. The fourth-order valence-electron chi connectivity index (χ4n) is 0.369. The Hall–Kier alpha value is 0.250. The van der Waals surface area contributed by atoms with Crippen LogP contribution >= 0.6 is 11.6 Å². The molecule has 0 heterocycles. The minimum absolute atomic E-state index is 0.771. The highest BCUT2D eigenvalue weighted by Crippen LogP contribution is 1.79. The van der Waals surface area contributed by atoms with E-state index in [2.05, 4.69) is 12.2 Å². The Labute approximate surface area is 50.1 Å². The zero-order valence-corrected chi connectivity index (χ0v) is 5.46. The van der Waals surface area contributed by atoms with Crippen molar-refractivity contribution >= 4 is 11.6 Å². The molecule has 0 aliphatic heterocycles. The summed E-state index contributed by atoms with van der Waals surface area (Å²) in [5.74, 6) is 0.771. The van der Waals surface area contributed by atoms with Crippen LogP contribution in [0.2, 0.25) is 0 Å². The quantitative estimate of drug-likeness (QED) is 0.436. The second-order valence-corrected chi connectivity index (χ2v) is 1.77. The third kappa shape index (κ3) is 6.25. The summed E-state index contributed by atoms with van der Waals surface area (Å²) >= 11 is 5.40. The lowest BCUT2D eigenvalue weighted by atomic mass is 10.5. The molecule has 0 radical (unpaired) electrons. The van der Waals surface area contributed by atoms with Gasteiger partial charge in [-0.15, -0.1) is 11.6 Å². The van der Waals surface area contributed by atoms with Gasteiger partial charge in [-0.05, 0) is 19.5 Å². The first-order valence-corrected chi connectivity index (χ1v) is 3.22. The van der Waals surface area contributed by atoms with Crippen LogP contribution < -0.4 is 5.32 Å². The Morgan fingerprint density at radius 1 is 1.57 bits per heavy atom. The van der Waals surface area contributed by atoms with Gasteiger partial charge in [-0.1, -0.05) is 6.92 Å². The number of hydrogen-bond acceptors (Lipinski definition) is 1. The molecule has 1 nitrogen and oxygen atoms in total. The number of nitrogens with one attached hydrogen (secondary N) is 1. The number of alkyl halides is 1. The first kappa shape index (κ1) is 7.25. The van der Waals surface area contributed by atoms with Gasteiger partial charge < -0.3 is 5.32 Å². The number of halogens is 1. The first-order chi connectivity index (χ1) is 3.41. The van der Waals surface area contributed by atoms with Gasteiger partial charge in [0.15, 0.2) is 0 Å². The lowest BCUT2D eigenvalue weighted by molar-refractivity contribution is 0.706. The highest BCUT2D eigenvalue weighted by molar-refractivity contribution is 6.17. The monoisotopic (exact) mass is 121 g/mol. The lowest BCUT2D eigenvalue weighted by Crippen LogP contribution is -2.13. The maximum Gasteiger partial charge on any atom is 0.0235 e. The maximum atomic E-state index is 5.40. The van der Waals surface area contributed by atoms with E-state index >= 15 is 0 Å². The van der Waals surface area contributed by atoms with Gasteiger partial charge in [-0.3, -0.25) is 0 Å². The molecule has 0 aromatic rings. The summed E-state index contributed by atoms with van der Waals surface area (Å²) in [6, 6.07) is 0.